The van der Waals surface area contributed by atoms with Crippen LogP contribution in [0, 0.1) is 0 Å². The lowest BCUT2D eigenvalue weighted by Crippen LogP contribution is -2.38. The number of amides is 2. The van der Waals surface area contributed by atoms with Gasteiger partial charge in [-0.1, -0.05) is 36.2 Å². The first-order valence-corrected chi connectivity index (χ1v) is 10.5. The summed E-state index contributed by atoms with van der Waals surface area (Å²) >= 11 is 12.1. The smallest absolute Gasteiger partial charge is 0.254 e. The lowest BCUT2D eigenvalue weighted by atomic mass is 10.0. The summed E-state index contributed by atoms with van der Waals surface area (Å²) in [5.41, 5.74) is 1.56. The predicted molar refractivity (Wildman–Crippen MR) is 125 cm³/mol. The van der Waals surface area contributed by atoms with Gasteiger partial charge in [-0.15, -0.1) is 6.58 Å². The second-order valence-corrected chi connectivity index (χ2v) is 7.61. The van der Waals surface area contributed by atoms with Gasteiger partial charge in [-0.05, 0) is 43.2 Å². The van der Waals surface area contributed by atoms with Gasteiger partial charge in [0, 0.05) is 22.7 Å². The summed E-state index contributed by atoms with van der Waals surface area (Å²) in [6.45, 7) is 5.95. The van der Waals surface area contributed by atoms with E-state index in [1.165, 1.54) is 12.0 Å². The molecule has 1 N–H and O–H groups in total. The molecule has 8 heteroatoms. The van der Waals surface area contributed by atoms with Crippen molar-refractivity contribution >= 4 is 40.7 Å². The monoisotopic (exact) mass is 464 g/mol. The molecule has 0 aliphatic heterocycles. The van der Waals surface area contributed by atoms with Crippen LogP contribution in [0.3, 0.4) is 0 Å². The summed E-state index contributed by atoms with van der Waals surface area (Å²) < 4.78 is 10.8. The molecule has 6 nitrogen and oxygen atoms in total. The van der Waals surface area contributed by atoms with Crippen molar-refractivity contribution in [3.8, 4) is 11.5 Å². The minimum Gasteiger partial charge on any atom is -0.493 e. The Balaban J connectivity index is 2.28. The van der Waals surface area contributed by atoms with Gasteiger partial charge < -0.3 is 19.7 Å². The first kappa shape index (κ1) is 24.6. The standard InChI is InChI=1S/C23H26Cl2N2O4/c1-5-7-15-11-16(12-20(30-3)22(15)31-4)23(29)27(10-6-2)14-21(28)26-19-13-17(24)8-9-18(19)25/h5,8-9,11-13H,1,6-7,10,14H2,2-4H3,(H,26,28). The molecule has 0 bridgehead atoms. The van der Waals surface area contributed by atoms with Crippen molar-refractivity contribution in [3.63, 3.8) is 0 Å². The number of allylic oxidation sites excluding steroid dienone is 1. The van der Waals surface area contributed by atoms with Gasteiger partial charge in [0.15, 0.2) is 11.5 Å². The number of nitrogens with zero attached hydrogens (tertiary/aromatic N) is 1. The van der Waals surface area contributed by atoms with Gasteiger partial charge in [0.25, 0.3) is 5.91 Å². The second-order valence-electron chi connectivity index (χ2n) is 6.76. The third-order valence-electron chi connectivity index (χ3n) is 4.48. The normalized spacial score (nSPS) is 10.4. The molecule has 2 rings (SSSR count). The Morgan fingerprint density at radius 3 is 2.52 bits per heavy atom. The van der Waals surface area contributed by atoms with Crippen molar-refractivity contribution in [2.75, 3.05) is 32.6 Å². The summed E-state index contributed by atoms with van der Waals surface area (Å²) in [6, 6.07) is 8.13. The minimum absolute atomic E-state index is 0.138. The van der Waals surface area contributed by atoms with Crippen molar-refractivity contribution in [2.24, 2.45) is 0 Å². The molecule has 0 heterocycles. The first-order valence-electron chi connectivity index (χ1n) is 9.74. The van der Waals surface area contributed by atoms with Crippen LogP contribution in [-0.4, -0.2) is 44.0 Å². The number of halogens is 2. The Hall–Kier alpha value is -2.70. The summed E-state index contributed by atoms with van der Waals surface area (Å²) in [6.07, 6.45) is 2.91. The highest BCUT2D eigenvalue weighted by Crippen LogP contribution is 2.33. The Morgan fingerprint density at radius 1 is 1.16 bits per heavy atom. The Kier molecular flexibility index (Phi) is 9.21. The van der Waals surface area contributed by atoms with Gasteiger partial charge in [-0.25, -0.2) is 0 Å². The topological polar surface area (TPSA) is 67.9 Å². The molecule has 166 valence electrons. The maximum absolute atomic E-state index is 13.2. The summed E-state index contributed by atoms with van der Waals surface area (Å²) in [5.74, 6) is 0.323. The van der Waals surface area contributed by atoms with Crippen molar-refractivity contribution in [1.29, 1.82) is 0 Å². The molecule has 31 heavy (non-hydrogen) atoms. The third kappa shape index (κ3) is 6.39. The van der Waals surface area contributed by atoms with E-state index in [0.29, 0.717) is 52.2 Å². The molecule has 0 spiro atoms. The number of methoxy groups -OCH3 is 2. The van der Waals surface area contributed by atoms with Crippen molar-refractivity contribution in [3.05, 3.63) is 64.2 Å². The number of hydrogen-bond donors (Lipinski definition) is 1. The molecule has 0 aliphatic carbocycles. The van der Waals surface area contributed by atoms with E-state index >= 15 is 0 Å². The van der Waals surface area contributed by atoms with Crippen LogP contribution in [0.15, 0.2) is 43.0 Å². The lowest BCUT2D eigenvalue weighted by molar-refractivity contribution is -0.116. The number of carbonyl (C=O) groups is 2. The molecule has 0 aliphatic rings. The summed E-state index contributed by atoms with van der Waals surface area (Å²) in [5, 5.41) is 3.52. The van der Waals surface area contributed by atoms with Gasteiger partial charge >= 0.3 is 0 Å². The molecule has 0 saturated carbocycles. The molecular weight excluding hydrogens is 439 g/mol. The van der Waals surface area contributed by atoms with Crippen LogP contribution in [0.25, 0.3) is 0 Å². The molecule has 0 aromatic heterocycles. The summed E-state index contributed by atoms with van der Waals surface area (Å²) in [7, 11) is 3.05. The van der Waals surface area contributed by atoms with Crippen LogP contribution >= 0.6 is 23.2 Å². The van der Waals surface area contributed by atoms with Crippen LogP contribution in [0.1, 0.15) is 29.3 Å². The van der Waals surface area contributed by atoms with Gasteiger partial charge in [0.05, 0.1) is 24.9 Å². The molecule has 2 amide bonds. The number of anilines is 1. The highest BCUT2D eigenvalue weighted by Gasteiger charge is 2.22. The van der Waals surface area contributed by atoms with E-state index < -0.39 is 0 Å². The maximum Gasteiger partial charge on any atom is 0.254 e. The SMILES string of the molecule is C=CCc1cc(C(=O)N(CCC)CC(=O)Nc2cc(Cl)ccc2Cl)cc(OC)c1OC. The molecule has 2 aromatic carbocycles. The van der Waals surface area contributed by atoms with Crippen molar-refractivity contribution in [2.45, 2.75) is 19.8 Å². The van der Waals surface area contributed by atoms with Crippen molar-refractivity contribution < 1.29 is 19.1 Å². The molecule has 0 fully saturated rings. The fraction of sp³-hybridized carbons (Fsp3) is 0.304. The van der Waals surface area contributed by atoms with E-state index in [4.69, 9.17) is 32.7 Å². The molecular formula is C23H26Cl2N2O4. The highest BCUT2D eigenvalue weighted by atomic mass is 35.5. The van der Waals surface area contributed by atoms with E-state index in [2.05, 4.69) is 11.9 Å². The molecule has 0 radical (unpaired) electrons. The van der Waals surface area contributed by atoms with E-state index in [1.54, 1.807) is 43.5 Å². The maximum atomic E-state index is 13.2. The number of carbonyl (C=O) groups excluding carboxylic acids is 2. The second kappa shape index (κ2) is 11.6. The zero-order chi connectivity index (χ0) is 23.0. The van der Waals surface area contributed by atoms with E-state index in [0.717, 1.165) is 5.56 Å². The number of nitrogens with one attached hydrogen (secondary N) is 1. The quantitative estimate of drug-likeness (QED) is 0.488. The number of ether oxygens (including phenoxy) is 2. The van der Waals surface area contributed by atoms with Crippen LogP contribution in [0.2, 0.25) is 10.0 Å². The molecule has 2 aromatic rings. The molecule has 0 atom stereocenters. The molecule has 0 unspecified atom stereocenters. The molecule has 0 saturated heterocycles. The average Bonchev–Trinajstić information content (AvgIpc) is 2.75. The van der Waals surface area contributed by atoms with Gasteiger partial charge in [-0.3, -0.25) is 9.59 Å². The zero-order valence-corrected chi connectivity index (χ0v) is 19.3. The van der Waals surface area contributed by atoms with Gasteiger partial charge in [0.1, 0.15) is 6.54 Å². The Labute approximate surface area is 192 Å². The fourth-order valence-electron chi connectivity index (χ4n) is 3.14. The van der Waals surface area contributed by atoms with Crippen LogP contribution in [-0.2, 0) is 11.2 Å². The number of rotatable bonds is 10. The lowest BCUT2D eigenvalue weighted by Gasteiger charge is -2.23. The number of benzene rings is 2. The predicted octanol–water partition coefficient (Wildman–Crippen LogP) is 5.23. The minimum atomic E-state index is -0.377. The Bertz CT molecular complexity index is 963. The average molecular weight is 465 g/mol. The number of hydrogen-bond acceptors (Lipinski definition) is 4. The highest BCUT2D eigenvalue weighted by molar-refractivity contribution is 6.35. The van der Waals surface area contributed by atoms with Crippen LogP contribution < -0.4 is 14.8 Å². The van der Waals surface area contributed by atoms with E-state index in [9.17, 15) is 9.59 Å². The summed E-state index contributed by atoms with van der Waals surface area (Å²) in [4.78, 5) is 27.3. The van der Waals surface area contributed by atoms with Gasteiger partial charge in [-0.2, -0.15) is 0 Å². The zero-order valence-electron chi connectivity index (χ0n) is 17.8. The fourth-order valence-corrected chi connectivity index (χ4v) is 3.47. The van der Waals surface area contributed by atoms with Crippen molar-refractivity contribution in [1.82, 2.24) is 4.90 Å². The van der Waals surface area contributed by atoms with Gasteiger partial charge in [0.2, 0.25) is 5.91 Å². The first-order chi connectivity index (χ1) is 14.8. The van der Waals surface area contributed by atoms with E-state index in [-0.39, 0.29) is 18.4 Å². The largest absolute Gasteiger partial charge is 0.493 e. The Morgan fingerprint density at radius 2 is 1.90 bits per heavy atom. The van der Waals surface area contributed by atoms with Crippen LogP contribution in [0.5, 0.6) is 11.5 Å². The van der Waals surface area contributed by atoms with Crippen LogP contribution in [0.4, 0.5) is 5.69 Å². The van der Waals surface area contributed by atoms with E-state index in [1.807, 2.05) is 6.92 Å². The third-order valence-corrected chi connectivity index (χ3v) is 5.05.